The normalized spacial score (nSPS) is 10.2. The van der Waals surface area contributed by atoms with Crippen molar-refractivity contribution in [3.63, 3.8) is 0 Å². The first-order chi connectivity index (χ1) is 11.0. The highest BCUT2D eigenvalue weighted by Crippen LogP contribution is 2.28. The van der Waals surface area contributed by atoms with E-state index in [0.717, 1.165) is 11.3 Å². The van der Waals surface area contributed by atoms with Crippen molar-refractivity contribution < 1.29 is 19.4 Å². The Morgan fingerprint density at radius 1 is 1.22 bits per heavy atom. The summed E-state index contributed by atoms with van der Waals surface area (Å²) in [7, 11) is 1.53. The molecule has 0 radical (unpaired) electrons. The Kier molecular flexibility index (Phi) is 5.71. The van der Waals surface area contributed by atoms with Crippen LogP contribution < -0.4 is 14.8 Å². The molecule has 0 amide bonds. The van der Waals surface area contributed by atoms with Gasteiger partial charge in [-0.3, -0.25) is 0 Å². The van der Waals surface area contributed by atoms with E-state index in [4.69, 9.17) is 26.2 Å². The molecule has 0 aliphatic rings. The summed E-state index contributed by atoms with van der Waals surface area (Å²) in [5.74, 6) is 0.307. The van der Waals surface area contributed by atoms with Gasteiger partial charge in [0.25, 0.3) is 0 Å². The number of nitrogens with one attached hydrogen (secondary N) is 1. The minimum Gasteiger partial charge on any atom is -0.495 e. The number of halogens is 1. The molecule has 0 spiro atoms. The Balaban J connectivity index is 2.25. The van der Waals surface area contributed by atoms with Crippen molar-refractivity contribution in [2.45, 2.75) is 13.5 Å². The van der Waals surface area contributed by atoms with Gasteiger partial charge in [0.2, 0.25) is 0 Å². The van der Waals surface area contributed by atoms with Gasteiger partial charge in [-0.15, -0.1) is 0 Å². The molecule has 2 rings (SSSR count). The summed E-state index contributed by atoms with van der Waals surface area (Å²) >= 11 is 6.04. The predicted octanol–water partition coefficient (Wildman–Crippen LogP) is 4.06. The fraction of sp³-hybridized carbons (Fsp3) is 0.235. The number of hydrogen-bond donors (Lipinski definition) is 2. The van der Waals surface area contributed by atoms with Crippen LogP contribution in [-0.2, 0) is 6.54 Å². The van der Waals surface area contributed by atoms with Gasteiger partial charge < -0.3 is 19.9 Å². The first-order valence-electron chi connectivity index (χ1n) is 7.11. The van der Waals surface area contributed by atoms with Crippen molar-refractivity contribution in [1.82, 2.24) is 0 Å². The minimum absolute atomic E-state index is 0.185. The summed E-state index contributed by atoms with van der Waals surface area (Å²) in [6.45, 7) is 2.88. The lowest BCUT2D eigenvalue weighted by Crippen LogP contribution is -2.06. The lowest BCUT2D eigenvalue weighted by Gasteiger charge is -2.15. The molecule has 23 heavy (non-hydrogen) atoms. The third kappa shape index (κ3) is 4.29. The quantitative estimate of drug-likeness (QED) is 0.798. The van der Waals surface area contributed by atoms with Crippen LogP contribution in [0.15, 0.2) is 36.4 Å². The molecule has 0 heterocycles. The van der Waals surface area contributed by atoms with E-state index in [1.165, 1.54) is 19.2 Å². The molecule has 5 nitrogen and oxygen atoms in total. The number of carboxylic acids is 1. The molecule has 2 aromatic carbocycles. The molecule has 0 unspecified atom stereocenters. The standard InChI is InChI=1S/C17H18ClNO4/c1-3-23-15-7-5-13(18)8-12(15)10-19-14-9-11(17(20)21)4-6-16(14)22-2/h4-9,19H,3,10H2,1-2H3,(H,20,21). The molecular weight excluding hydrogens is 318 g/mol. The van der Waals surface area contributed by atoms with Crippen LogP contribution in [0, 0.1) is 0 Å². The number of methoxy groups -OCH3 is 1. The molecule has 0 saturated heterocycles. The van der Waals surface area contributed by atoms with E-state index >= 15 is 0 Å². The largest absolute Gasteiger partial charge is 0.495 e. The topological polar surface area (TPSA) is 67.8 Å². The Bertz CT molecular complexity index is 703. The molecule has 2 N–H and O–H groups in total. The van der Waals surface area contributed by atoms with Crippen molar-refractivity contribution in [3.8, 4) is 11.5 Å². The molecule has 6 heteroatoms. The number of benzene rings is 2. The smallest absolute Gasteiger partial charge is 0.335 e. The third-order valence-electron chi connectivity index (χ3n) is 3.24. The van der Waals surface area contributed by atoms with Crippen LogP contribution in [0.5, 0.6) is 11.5 Å². The monoisotopic (exact) mass is 335 g/mol. The van der Waals surface area contributed by atoms with Gasteiger partial charge in [-0.1, -0.05) is 11.6 Å². The van der Waals surface area contributed by atoms with E-state index in [0.29, 0.717) is 29.6 Å². The van der Waals surface area contributed by atoms with E-state index in [2.05, 4.69) is 5.32 Å². The van der Waals surface area contributed by atoms with Gasteiger partial charge in [0.15, 0.2) is 0 Å². The highest BCUT2D eigenvalue weighted by atomic mass is 35.5. The Labute approximate surface area is 139 Å². The molecule has 0 saturated carbocycles. The first kappa shape index (κ1) is 17.0. The second kappa shape index (κ2) is 7.74. The summed E-state index contributed by atoms with van der Waals surface area (Å²) < 4.78 is 10.8. The van der Waals surface area contributed by atoms with Crippen molar-refractivity contribution in [3.05, 3.63) is 52.5 Å². The van der Waals surface area contributed by atoms with Crippen LogP contribution in [0.2, 0.25) is 5.02 Å². The van der Waals surface area contributed by atoms with Gasteiger partial charge in [-0.2, -0.15) is 0 Å². The van der Waals surface area contributed by atoms with Crippen molar-refractivity contribution in [2.24, 2.45) is 0 Å². The van der Waals surface area contributed by atoms with E-state index < -0.39 is 5.97 Å². The van der Waals surface area contributed by atoms with Crippen LogP contribution in [0.25, 0.3) is 0 Å². The zero-order chi connectivity index (χ0) is 16.8. The van der Waals surface area contributed by atoms with Crippen molar-refractivity contribution in [2.75, 3.05) is 19.0 Å². The van der Waals surface area contributed by atoms with Crippen molar-refractivity contribution >= 4 is 23.3 Å². The molecule has 0 bridgehead atoms. The summed E-state index contributed by atoms with van der Waals surface area (Å²) in [5, 5.41) is 12.9. The second-order valence-corrected chi connectivity index (χ2v) is 5.20. The lowest BCUT2D eigenvalue weighted by molar-refractivity contribution is 0.0697. The molecule has 0 aliphatic heterocycles. The van der Waals surface area contributed by atoms with E-state index in [-0.39, 0.29) is 5.56 Å². The molecule has 2 aromatic rings. The maximum absolute atomic E-state index is 11.1. The van der Waals surface area contributed by atoms with Crippen LogP contribution in [0.1, 0.15) is 22.8 Å². The molecule has 0 aromatic heterocycles. The highest BCUT2D eigenvalue weighted by molar-refractivity contribution is 6.30. The van der Waals surface area contributed by atoms with Gasteiger partial charge in [-0.05, 0) is 43.3 Å². The fourth-order valence-corrected chi connectivity index (χ4v) is 2.35. The van der Waals surface area contributed by atoms with Crippen LogP contribution >= 0.6 is 11.6 Å². The molecule has 0 fully saturated rings. The maximum atomic E-state index is 11.1. The summed E-state index contributed by atoms with van der Waals surface area (Å²) in [6.07, 6.45) is 0. The Morgan fingerprint density at radius 3 is 2.61 bits per heavy atom. The number of ether oxygens (including phenoxy) is 2. The van der Waals surface area contributed by atoms with Gasteiger partial charge in [0.1, 0.15) is 11.5 Å². The van der Waals surface area contributed by atoms with Gasteiger partial charge in [0, 0.05) is 17.1 Å². The average Bonchev–Trinajstić information content (AvgIpc) is 2.54. The number of carbonyl (C=O) groups is 1. The number of carboxylic acid groups (broad SMARTS) is 1. The van der Waals surface area contributed by atoms with E-state index in [1.54, 1.807) is 12.1 Å². The first-order valence-corrected chi connectivity index (χ1v) is 7.49. The van der Waals surface area contributed by atoms with Crippen LogP contribution in [-0.4, -0.2) is 24.8 Å². The molecule has 0 atom stereocenters. The van der Waals surface area contributed by atoms with Crippen LogP contribution in [0.4, 0.5) is 5.69 Å². The van der Waals surface area contributed by atoms with E-state index in [9.17, 15) is 4.79 Å². The average molecular weight is 336 g/mol. The van der Waals surface area contributed by atoms with Gasteiger partial charge in [0.05, 0.1) is 25.0 Å². The summed E-state index contributed by atoms with van der Waals surface area (Å²) in [5.41, 5.74) is 1.65. The minimum atomic E-state index is -0.992. The Hall–Kier alpha value is -2.40. The fourth-order valence-electron chi connectivity index (χ4n) is 2.15. The molecule has 0 aliphatic carbocycles. The summed E-state index contributed by atoms with van der Waals surface area (Å²) in [6, 6.07) is 10.0. The van der Waals surface area contributed by atoms with Crippen LogP contribution in [0.3, 0.4) is 0 Å². The third-order valence-corrected chi connectivity index (χ3v) is 3.47. The van der Waals surface area contributed by atoms with Crippen molar-refractivity contribution in [1.29, 1.82) is 0 Å². The number of aromatic carboxylic acids is 1. The zero-order valence-electron chi connectivity index (χ0n) is 12.9. The van der Waals surface area contributed by atoms with Gasteiger partial charge >= 0.3 is 5.97 Å². The number of rotatable bonds is 7. The number of anilines is 1. The summed E-state index contributed by atoms with van der Waals surface area (Å²) in [4.78, 5) is 11.1. The Morgan fingerprint density at radius 2 is 1.96 bits per heavy atom. The lowest BCUT2D eigenvalue weighted by atomic mass is 10.1. The maximum Gasteiger partial charge on any atom is 0.335 e. The SMILES string of the molecule is CCOc1ccc(Cl)cc1CNc1cc(C(=O)O)ccc1OC. The van der Waals surface area contributed by atoms with E-state index in [1.807, 2.05) is 19.1 Å². The number of hydrogen-bond acceptors (Lipinski definition) is 4. The second-order valence-electron chi connectivity index (χ2n) is 4.76. The predicted molar refractivity (Wildman–Crippen MR) is 89.9 cm³/mol. The molecular formula is C17H18ClNO4. The molecule has 122 valence electrons. The highest BCUT2D eigenvalue weighted by Gasteiger charge is 2.10. The van der Waals surface area contributed by atoms with Gasteiger partial charge in [-0.25, -0.2) is 4.79 Å². The zero-order valence-corrected chi connectivity index (χ0v) is 13.7.